The minimum Gasteiger partial charge on any atom is -0.490 e. The number of nitrogens with zero attached hydrogens (tertiary/aromatic N) is 2. The predicted molar refractivity (Wildman–Crippen MR) is 94.9 cm³/mol. The first-order valence-corrected chi connectivity index (χ1v) is 8.82. The van der Waals surface area contributed by atoms with Crippen LogP contribution in [0.3, 0.4) is 0 Å². The lowest BCUT2D eigenvalue weighted by atomic mass is 10.2. The third kappa shape index (κ3) is 6.61. The number of rotatable bonds is 10. The van der Waals surface area contributed by atoms with Crippen LogP contribution in [0, 0.1) is 10.1 Å². The summed E-state index contributed by atoms with van der Waals surface area (Å²) in [5.41, 5.74) is 0.601. The molecule has 1 aromatic carbocycles. The van der Waals surface area contributed by atoms with Crippen molar-refractivity contribution in [1.82, 2.24) is 4.90 Å². The van der Waals surface area contributed by atoms with E-state index in [1.54, 1.807) is 6.07 Å². The minimum atomic E-state index is -0.948. The maximum absolute atomic E-state index is 12.2. The van der Waals surface area contributed by atoms with Crippen molar-refractivity contribution in [2.75, 3.05) is 19.4 Å². The maximum atomic E-state index is 12.2. The van der Waals surface area contributed by atoms with Crippen LogP contribution < -0.4 is 4.74 Å². The number of carbonyl (C=O) groups excluding carboxylic acids is 1. The van der Waals surface area contributed by atoms with Gasteiger partial charge in [0.2, 0.25) is 5.91 Å². The first-order chi connectivity index (χ1) is 11.8. The number of carboxylic acids is 1. The summed E-state index contributed by atoms with van der Waals surface area (Å²) in [5.74, 6) is -0.297. The lowest BCUT2D eigenvalue weighted by Crippen LogP contribution is -2.39. The molecule has 1 amide bonds. The summed E-state index contributed by atoms with van der Waals surface area (Å²) < 4.78 is 4.95. The molecule has 0 aliphatic carbocycles. The average Bonchev–Trinajstić information content (AvgIpc) is 2.54. The molecule has 0 atom stereocenters. The first-order valence-electron chi connectivity index (χ1n) is 7.66. The van der Waals surface area contributed by atoms with Gasteiger partial charge in [-0.1, -0.05) is 6.07 Å². The van der Waals surface area contributed by atoms with Crippen LogP contribution in [-0.2, 0) is 15.3 Å². The topological polar surface area (TPSA) is 110 Å². The number of thioether (sulfide) groups is 1. The summed E-state index contributed by atoms with van der Waals surface area (Å²) in [4.78, 5) is 35.0. The van der Waals surface area contributed by atoms with E-state index in [9.17, 15) is 19.7 Å². The summed E-state index contributed by atoms with van der Waals surface area (Å²) in [7, 11) is 1.37. The minimum absolute atomic E-state index is 0.0884. The Morgan fingerprint density at radius 2 is 2.08 bits per heavy atom. The highest BCUT2D eigenvalue weighted by molar-refractivity contribution is 7.99. The second kappa shape index (κ2) is 9.87. The fourth-order valence-corrected chi connectivity index (χ4v) is 3.05. The molecule has 0 unspecified atom stereocenters. The van der Waals surface area contributed by atoms with Crippen molar-refractivity contribution in [3.05, 3.63) is 33.9 Å². The molecule has 0 radical (unpaired) electrons. The Hall–Kier alpha value is -2.29. The second-order valence-electron chi connectivity index (χ2n) is 5.58. The second-order valence-corrected chi connectivity index (χ2v) is 6.57. The molecule has 1 aromatic rings. The first kappa shape index (κ1) is 20.8. The molecule has 0 aliphatic heterocycles. The summed E-state index contributed by atoms with van der Waals surface area (Å²) >= 11 is 1.33. The molecule has 0 saturated carbocycles. The van der Waals surface area contributed by atoms with E-state index in [4.69, 9.17) is 9.84 Å². The lowest BCUT2D eigenvalue weighted by molar-refractivity contribution is -0.385. The SMILES string of the molecule is COc1ccc(CSCC(=O)N(CCC(=O)O)C(C)C)cc1[N+](=O)[O-]. The van der Waals surface area contributed by atoms with Crippen molar-refractivity contribution in [2.45, 2.75) is 32.1 Å². The standard InChI is InChI=1S/C16H22N2O6S/c1-11(2)17(7-6-16(20)21)15(19)10-25-9-12-4-5-14(24-3)13(8-12)18(22)23/h4-5,8,11H,6-7,9-10H2,1-3H3,(H,20,21). The number of benzene rings is 1. The molecular formula is C16H22N2O6S. The van der Waals surface area contributed by atoms with E-state index < -0.39 is 10.9 Å². The molecule has 0 saturated heterocycles. The number of nitro benzene ring substituents is 1. The zero-order valence-electron chi connectivity index (χ0n) is 14.4. The Balaban J connectivity index is 2.63. The molecule has 0 spiro atoms. The van der Waals surface area contributed by atoms with Crippen molar-refractivity contribution in [3.63, 3.8) is 0 Å². The molecule has 0 heterocycles. The van der Waals surface area contributed by atoms with Crippen LogP contribution >= 0.6 is 11.8 Å². The largest absolute Gasteiger partial charge is 0.490 e. The summed E-state index contributed by atoms with van der Waals surface area (Å²) in [6.45, 7) is 3.83. The fraction of sp³-hybridized carbons (Fsp3) is 0.500. The van der Waals surface area contributed by atoms with Crippen molar-refractivity contribution in [3.8, 4) is 5.75 Å². The molecule has 25 heavy (non-hydrogen) atoms. The van der Waals surface area contributed by atoms with Gasteiger partial charge in [-0.3, -0.25) is 19.7 Å². The normalized spacial score (nSPS) is 10.6. The number of aliphatic carboxylic acids is 1. The highest BCUT2D eigenvalue weighted by Crippen LogP contribution is 2.29. The number of carbonyl (C=O) groups is 2. The van der Waals surface area contributed by atoms with Crippen LogP contribution in [-0.4, -0.2) is 52.3 Å². The predicted octanol–water partition coefficient (Wildman–Crippen LogP) is 2.55. The zero-order valence-corrected chi connectivity index (χ0v) is 15.2. The van der Waals surface area contributed by atoms with Crippen LogP contribution in [0.25, 0.3) is 0 Å². The van der Waals surface area contributed by atoms with E-state index in [1.807, 2.05) is 13.8 Å². The molecule has 0 aromatic heterocycles. The highest BCUT2D eigenvalue weighted by Gasteiger charge is 2.19. The molecule has 1 rings (SSSR count). The van der Waals surface area contributed by atoms with Crippen molar-refractivity contribution < 1.29 is 24.4 Å². The molecule has 1 N–H and O–H groups in total. The third-order valence-electron chi connectivity index (χ3n) is 3.44. The lowest BCUT2D eigenvalue weighted by Gasteiger charge is -2.26. The van der Waals surface area contributed by atoms with E-state index in [0.29, 0.717) is 11.3 Å². The Labute approximate surface area is 150 Å². The van der Waals surface area contributed by atoms with Gasteiger partial charge in [0.1, 0.15) is 0 Å². The molecule has 0 fully saturated rings. The number of nitro groups is 1. The number of hydrogen-bond acceptors (Lipinski definition) is 6. The quantitative estimate of drug-likeness (QED) is 0.498. The van der Waals surface area contributed by atoms with Gasteiger partial charge in [0, 0.05) is 24.4 Å². The third-order valence-corrected chi connectivity index (χ3v) is 4.43. The zero-order chi connectivity index (χ0) is 19.0. The van der Waals surface area contributed by atoms with Crippen LogP contribution in [0.4, 0.5) is 5.69 Å². The van der Waals surface area contributed by atoms with Gasteiger partial charge < -0.3 is 14.7 Å². The van der Waals surface area contributed by atoms with Gasteiger partial charge in [-0.05, 0) is 25.5 Å². The number of methoxy groups -OCH3 is 1. The average molecular weight is 370 g/mol. The Morgan fingerprint density at radius 1 is 1.40 bits per heavy atom. The van der Waals surface area contributed by atoms with Crippen LogP contribution in [0.15, 0.2) is 18.2 Å². The number of ether oxygens (including phenoxy) is 1. The Morgan fingerprint density at radius 3 is 2.60 bits per heavy atom. The van der Waals surface area contributed by atoms with E-state index in [-0.39, 0.29) is 42.1 Å². The van der Waals surface area contributed by atoms with E-state index in [1.165, 1.54) is 35.9 Å². The number of carboxylic acid groups (broad SMARTS) is 1. The van der Waals surface area contributed by atoms with Gasteiger partial charge in [0.25, 0.3) is 0 Å². The fourth-order valence-electron chi connectivity index (χ4n) is 2.19. The molecule has 138 valence electrons. The van der Waals surface area contributed by atoms with Crippen molar-refractivity contribution in [1.29, 1.82) is 0 Å². The number of hydrogen-bond donors (Lipinski definition) is 1. The van der Waals surface area contributed by atoms with E-state index in [2.05, 4.69) is 0 Å². The van der Waals surface area contributed by atoms with E-state index in [0.717, 1.165) is 0 Å². The van der Waals surface area contributed by atoms with E-state index >= 15 is 0 Å². The van der Waals surface area contributed by atoms with Crippen molar-refractivity contribution in [2.24, 2.45) is 0 Å². The van der Waals surface area contributed by atoms with Crippen LogP contribution in [0.1, 0.15) is 25.8 Å². The van der Waals surface area contributed by atoms with Gasteiger partial charge in [0.15, 0.2) is 5.75 Å². The smallest absolute Gasteiger partial charge is 0.311 e. The Bertz CT molecular complexity index is 635. The summed E-state index contributed by atoms with van der Waals surface area (Å²) in [6, 6.07) is 4.59. The maximum Gasteiger partial charge on any atom is 0.311 e. The van der Waals surface area contributed by atoms with Gasteiger partial charge in [0.05, 0.1) is 24.2 Å². The molecule has 0 bridgehead atoms. The van der Waals surface area contributed by atoms with Gasteiger partial charge in [-0.25, -0.2) is 0 Å². The number of amides is 1. The van der Waals surface area contributed by atoms with Crippen LogP contribution in [0.2, 0.25) is 0 Å². The molecular weight excluding hydrogens is 348 g/mol. The molecule has 9 heteroatoms. The molecule has 8 nitrogen and oxygen atoms in total. The van der Waals surface area contributed by atoms with Crippen LogP contribution in [0.5, 0.6) is 5.75 Å². The van der Waals surface area contributed by atoms with Gasteiger partial charge in [-0.15, -0.1) is 11.8 Å². The Kier molecular flexibility index (Phi) is 8.20. The van der Waals surface area contributed by atoms with Gasteiger partial charge in [-0.2, -0.15) is 0 Å². The highest BCUT2D eigenvalue weighted by atomic mass is 32.2. The summed E-state index contributed by atoms with van der Waals surface area (Å²) in [6.07, 6.45) is -0.0980. The molecule has 0 aliphatic rings. The van der Waals surface area contributed by atoms with Gasteiger partial charge >= 0.3 is 11.7 Å². The monoisotopic (exact) mass is 370 g/mol. The van der Waals surface area contributed by atoms with Crippen molar-refractivity contribution >= 4 is 29.3 Å². The summed E-state index contributed by atoms with van der Waals surface area (Å²) in [5, 5.41) is 19.8.